The van der Waals surface area contributed by atoms with E-state index in [4.69, 9.17) is 17.3 Å². The average molecular weight is 368 g/mol. The molecule has 1 aliphatic heterocycles. The minimum atomic E-state index is -3.70. The Hall–Kier alpha value is -0.860. The maximum Gasteiger partial charge on any atom is 0.243 e. The zero-order valence-corrected chi connectivity index (χ0v) is 14.5. The van der Waals surface area contributed by atoms with Crippen LogP contribution in [0.5, 0.6) is 0 Å². The number of likely N-dealkylation sites (tertiary alicyclic amines) is 1. The molecule has 1 atom stereocenters. The van der Waals surface area contributed by atoms with Crippen LogP contribution in [0.4, 0.5) is 0 Å². The molecule has 6 nitrogen and oxygen atoms in total. The Morgan fingerprint density at radius 2 is 2.00 bits per heavy atom. The van der Waals surface area contributed by atoms with Gasteiger partial charge in [0, 0.05) is 31.2 Å². The highest BCUT2D eigenvalue weighted by Gasteiger charge is 2.28. The summed E-state index contributed by atoms with van der Waals surface area (Å²) in [5.74, 6) is -0.233. The van der Waals surface area contributed by atoms with E-state index in [2.05, 4.69) is 0 Å². The van der Waals surface area contributed by atoms with E-state index in [1.54, 1.807) is 4.90 Å². The quantitative estimate of drug-likeness (QED) is 0.858. The molecule has 0 aliphatic carbocycles. The maximum absolute atomic E-state index is 12.3. The molecule has 9 heteroatoms. The maximum atomic E-state index is 12.3. The van der Waals surface area contributed by atoms with Crippen LogP contribution in [0, 0.1) is 0 Å². The number of carbonyl (C=O) groups is 1. The molecule has 1 aliphatic rings. The molecular weight excluding hydrogens is 349 g/mol. The van der Waals surface area contributed by atoms with Crippen molar-refractivity contribution >= 4 is 39.9 Å². The Labute approximate surface area is 141 Å². The average Bonchev–Trinajstić information content (AvgIpc) is 2.86. The molecule has 0 saturated carbocycles. The van der Waals surface area contributed by atoms with Crippen molar-refractivity contribution in [2.45, 2.75) is 17.4 Å². The minimum Gasteiger partial charge on any atom is -0.340 e. The normalized spacial score (nSPS) is 18.4. The Balaban J connectivity index is 0.00000242. The Kier molecular flexibility index (Phi) is 6.64. The second-order valence-electron chi connectivity index (χ2n) is 5.10. The van der Waals surface area contributed by atoms with E-state index >= 15 is 0 Å². The Morgan fingerprint density at radius 1 is 1.41 bits per heavy atom. The Bertz CT molecular complexity index is 622. The SMILES string of the molecule is CN(CC(=O)N1CC[C@@H](N)C1)S(=O)(=O)c1ccc(Cl)cc1.Cl. The van der Waals surface area contributed by atoms with Gasteiger partial charge < -0.3 is 10.6 Å². The molecule has 0 aromatic heterocycles. The van der Waals surface area contributed by atoms with Crippen LogP contribution in [0.2, 0.25) is 5.02 Å². The number of likely N-dealkylation sites (N-methyl/N-ethyl adjacent to an activating group) is 1. The summed E-state index contributed by atoms with van der Waals surface area (Å²) in [5.41, 5.74) is 5.75. The number of sulfonamides is 1. The van der Waals surface area contributed by atoms with Gasteiger partial charge in [0.05, 0.1) is 11.4 Å². The van der Waals surface area contributed by atoms with Crippen LogP contribution in [0.15, 0.2) is 29.2 Å². The lowest BCUT2D eigenvalue weighted by molar-refractivity contribution is -0.130. The Morgan fingerprint density at radius 3 is 2.50 bits per heavy atom. The first-order valence-electron chi connectivity index (χ1n) is 6.56. The second kappa shape index (κ2) is 7.61. The third-order valence-electron chi connectivity index (χ3n) is 3.46. The number of hydrogen-bond acceptors (Lipinski definition) is 4. The van der Waals surface area contributed by atoms with Gasteiger partial charge in [-0.25, -0.2) is 8.42 Å². The van der Waals surface area contributed by atoms with Gasteiger partial charge in [-0.1, -0.05) is 11.6 Å². The lowest BCUT2D eigenvalue weighted by Gasteiger charge is -2.21. The molecule has 0 bridgehead atoms. The number of halogens is 2. The van der Waals surface area contributed by atoms with Gasteiger partial charge in [0.2, 0.25) is 15.9 Å². The van der Waals surface area contributed by atoms with E-state index in [1.807, 2.05) is 0 Å². The highest BCUT2D eigenvalue weighted by atomic mass is 35.5. The second-order valence-corrected chi connectivity index (χ2v) is 7.58. The van der Waals surface area contributed by atoms with Gasteiger partial charge in [-0.2, -0.15) is 4.31 Å². The van der Waals surface area contributed by atoms with Gasteiger partial charge in [-0.3, -0.25) is 4.79 Å². The number of rotatable bonds is 4. The number of nitrogens with two attached hydrogens (primary N) is 1. The molecule has 1 aromatic rings. The molecule has 1 saturated heterocycles. The first-order chi connectivity index (χ1) is 9.80. The summed E-state index contributed by atoms with van der Waals surface area (Å²) in [6.45, 7) is 0.861. The van der Waals surface area contributed by atoms with Crippen LogP contribution in [0.3, 0.4) is 0 Å². The molecule has 22 heavy (non-hydrogen) atoms. The highest BCUT2D eigenvalue weighted by molar-refractivity contribution is 7.89. The summed E-state index contributed by atoms with van der Waals surface area (Å²) in [6, 6.07) is 5.83. The molecule has 2 rings (SSSR count). The smallest absolute Gasteiger partial charge is 0.243 e. The molecule has 0 unspecified atom stereocenters. The van der Waals surface area contributed by atoms with Gasteiger partial charge in [0.25, 0.3) is 0 Å². The fourth-order valence-electron chi connectivity index (χ4n) is 2.18. The van der Waals surface area contributed by atoms with Crippen molar-refractivity contribution in [3.8, 4) is 0 Å². The largest absolute Gasteiger partial charge is 0.340 e. The van der Waals surface area contributed by atoms with Crippen molar-refractivity contribution < 1.29 is 13.2 Å². The summed E-state index contributed by atoms with van der Waals surface area (Å²) < 4.78 is 25.7. The predicted octanol–water partition coefficient (Wildman–Crippen LogP) is 0.942. The number of carbonyl (C=O) groups excluding carboxylic acids is 1. The topological polar surface area (TPSA) is 83.7 Å². The molecule has 2 N–H and O–H groups in total. The summed E-state index contributed by atoms with van der Waals surface area (Å²) in [4.78, 5) is 13.8. The van der Waals surface area contributed by atoms with E-state index in [1.165, 1.54) is 31.3 Å². The molecule has 1 fully saturated rings. The minimum absolute atomic E-state index is 0. The molecule has 0 radical (unpaired) electrons. The van der Waals surface area contributed by atoms with Crippen LogP contribution >= 0.6 is 24.0 Å². The van der Waals surface area contributed by atoms with E-state index in [-0.39, 0.29) is 35.8 Å². The molecule has 0 spiro atoms. The van der Waals surface area contributed by atoms with Crippen LogP contribution in [-0.4, -0.2) is 56.3 Å². The monoisotopic (exact) mass is 367 g/mol. The van der Waals surface area contributed by atoms with Crippen LogP contribution < -0.4 is 5.73 Å². The van der Waals surface area contributed by atoms with Crippen LogP contribution in [-0.2, 0) is 14.8 Å². The number of amides is 1. The van der Waals surface area contributed by atoms with E-state index in [9.17, 15) is 13.2 Å². The van der Waals surface area contributed by atoms with Gasteiger partial charge in [-0.15, -0.1) is 12.4 Å². The van der Waals surface area contributed by atoms with Crippen molar-refractivity contribution in [3.05, 3.63) is 29.3 Å². The summed E-state index contributed by atoms with van der Waals surface area (Å²) >= 11 is 5.74. The molecule has 124 valence electrons. The lowest BCUT2D eigenvalue weighted by atomic mass is 10.3. The van der Waals surface area contributed by atoms with Gasteiger partial charge in [-0.05, 0) is 30.7 Å². The van der Waals surface area contributed by atoms with Crippen LogP contribution in [0.25, 0.3) is 0 Å². The van der Waals surface area contributed by atoms with Gasteiger partial charge in [0.15, 0.2) is 0 Å². The van der Waals surface area contributed by atoms with Crippen molar-refractivity contribution in [2.75, 3.05) is 26.7 Å². The summed E-state index contributed by atoms with van der Waals surface area (Å²) in [6.07, 6.45) is 0.749. The molecule has 1 aromatic carbocycles. The predicted molar refractivity (Wildman–Crippen MR) is 87.7 cm³/mol. The zero-order valence-electron chi connectivity index (χ0n) is 12.1. The summed E-state index contributed by atoms with van der Waals surface area (Å²) in [5, 5.41) is 0.457. The van der Waals surface area contributed by atoms with Crippen molar-refractivity contribution in [1.29, 1.82) is 0 Å². The fourth-order valence-corrected chi connectivity index (χ4v) is 3.42. The van der Waals surface area contributed by atoms with Gasteiger partial charge >= 0.3 is 0 Å². The fraction of sp³-hybridized carbons (Fsp3) is 0.462. The third-order valence-corrected chi connectivity index (χ3v) is 5.53. The van der Waals surface area contributed by atoms with E-state index in [0.29, 0.717) is 18.1 Å². The number of nitrogens with zero attached hydrogens (tertiary/aromatic N) is 2. The zero-order chi connectivity index (χ0) is 15.6. The standard InChI is InChI=1S/C13H18ClN3O3S.ClH/c1-16(9-13(18)17-7-6-11(15)8-17)21(19,20)12-4-2-10(14)3-5-12;/h2-5,11H,6-9,15H2,1H3;1H/t11-;/m1./s1. The molecule has 1 heterocycles. The first kappa shape index (κ1) is 19.2. The third kappa shape index (κ3) is 4.33. The summed E-state index contributed by atoms with van der Waals surface area (Å²) in [7, 11) is -2.31. The van der Waals surface area contributed by atoms with Crippen LogP contribution in [0.1, 0.15) is 6.42 Å². The molecular formula is C13H19Cl2N3O3S. The van der Waals surface area contributed by atoms with Crippen molar-refractivity contribution in [1.82, 2.24) is 9.21 Å². The first-order valence-corrected chi connectivity index (χ1v) is 8.38. The van der Waals surface area contributed by atoms with E-state index < -0.39 is 10.0 Å². The van der Waals surface area contributed by atoms with E-state index in [0.717, 1.165) is 10.7 Å². The number of benzene rings is 1. The lowest BCUT2D eigenvalue weighted by Crippen LogP contribution is -2.41. The number of hydrogen-bond donors (Lipinski definition) is 1. The van der Waals surface area contributed by atoms with Crippen molar-refractivity contribution in [2.24, 2.45) is 5.73 Å². The van der Waals surface area contributed by atoms with Crippen molar-refractivity contribution in [3.63, 3.8) is 0 Å². The molecule has 1 amide bonds. The van der Waals surface area contributed by atoms with Gasteiger partial charge in [0.1, 0.15) is 0 Å². The highest BCUT2D eigenvalue weighted by Crippen LogP contribution is 2.18.